The Morgan fingerprint density at radius 2 is 2.24 bits per heavy atom. The second-order valence-corrected chi connectivity index (χ2v) is 5.48. The SMILES string of the molecule is OC1CCCC1CNCc1cc(F)ccc1Br. The van der Waals surface area contributed by atoms with E-state index in [0.717, 1.165) is 35.8 Å². The van der Waals surface area contributed by atoms with Gasteiger partial charge in [-0.25, -0.2) is 4.39 Å². The molecule has 0 bridgehead atoms. The average molecular weight is 302 g/mol. The van der Waals surface area contributed by atoms with Gasteiger partial charge in [-0.2, -0.15) is 0 Å². The number of benzene rings is 1. The molecule has 0 aliphatic heterocycles. The predicted octanol–water partition coefficient (Wildman–Crippen LogP) is 2.84. The molecule has 2 atom stereocenters. The van der Waals surface area contributed by atoms with Crippen LogP contribution in [0.15, 0.2) is 22.7 Å². The van der Waals surface area contributed by atoms with Crippen molar-refractivity contribution in [2.75, 3.05) is 6.54 Å². The zero-order valence-corrected chi connectivity index (χ0v) is 11.2. The van der Waals surface area contributed by atoms with E-state index in [2.05, 4.69) is 21.2 Å². The van der Waals surface area contributed by atoms with Crippen LogP contribution in [0.3, 0.4) is 0 Å². The van der Waals surface area contributed by atoms with Gasteiger partial charge in [0.1, 0.15) is 5.82 Å². The summed E-state index contributed by atoms with van der Waals surface area (Å²) in [5.74, 6) is 0.133. The Balaban J connectivity index is 1.83. The van der Waals surface area contributed by atoms with Gasteiger partial charge >= 0.3 is 0 Å². The molecule has 1 aromatic rings. The van der Waals surface area contributed by atoms with Crippen LogP contribution in [0.4, 0.5) is 4.39 Å². The lowest BCUT2D eigenvalue weighted by molar-refractivity contribution is 0.131. The van der Waals surface area contributed by atoms with Gasteiger partial charge < -0.3 is 10.4 Å². The first-order valence-corrected chi connectivity index (χ1v) is 6.79. The molecule has 94 valence electrons. The second kappa shape index (κ2) is 5.94. The number of hydrogen-bond donors (Lipinski definition) is 2. The highest BCUT2D eigenvalue weighted by atomic mass is 79.9. The first-order valence-electron chi connectivity index (χ1n) is 5.99. The van der Waals surface area contributed by atoms with Gasteiger partial charge in [0.15, 0.2) is 0 Å². The van der Waals surface area contributed by atoms with Gasteiger partial charge in [-0.15, -0.1) is 0 Å². The van der Waals surface area contributed by atoms with E-state index in [9.17, 15) is 9.50 Å². The first-order chi connectivity index (χ1) is 8.16. The lowest BCUT2D eigenvalue weighted by atomic mass is 10.1. The van der Waals surface area contributed by atoms with Crippen LogP contribution in [-0.2, 0) is 6.54 Å². The Labute approximate surface area is 109 Å². The first kappa shape index (κ1) is 13.0. The maximum atomic E-state index is 13.0. The highest BCUT2D eigenvalue weighted by Gasteiger charge is 2.24. The summed E-state index contributed by atoms with van der Waals surface area (Å²) in [6.07, 6.45) is 2.93. The summed E-state index contributed by atoms with van der Waals surface area (Å²) < 4.78 is 14.0. The van der Waals surface area contributed by atoms with Crippen LogP contribution in [0, 0.1) is 11.7 Å². The zero-order valence-electron chi connectivity index (χ0n) is 9.63. The maximum Gasteiger partial charge on any atom is 0.123 e. The number of aliphatic hydroxyl groups is 1. The molecule has 4 heteroatoms. The van der Waals surface area contributed by atoms with Crippen LogP contribution in [0.25, 0.3) is 0 Å². The molecular formula is C13H17BrFNO. The van der Waals surface area contributed by atoms with Crippen molar-refractivity contribution in [1.82, 2.24) is 5.32 Å². The van der Waals surface area contributed by atoms with Gasteiger partial charge in [0.25, 0.3) is 0 Å². The van der Waals surface area contributed by atoms with Crippen molar-refractivity contribution in [3.8, 4) is 0 Å². The highest BCUT2D eigenvalue weighted by molar-refractivity contribution is 9.10. The monoisotopic (exact) mass is 301 g/mol. The number of hydrogen-bond acceptors (Lipinski definition) is 2. The molecule has 2 nitrogen and oxygen atoms in total. The molecule has 1 aliphatic rings. The van der Waals surface area contributed by atoms with Gasteiger partial charge in [-0.1, -0.05) is 22.4 Å². The quantitative estimate of drug-likeness (QED) is 0.896. The minimum atomic E-state index is -0.217. The molecule has 0 heterocycles. The molecule has 0 amide bonds. The molecule has 2 N–H and O–H groups in total. The topological polar surface area (TPSA) is 32.3 Å². The Morgan fingerprint density at radius 3 is 2.94 bits per heavy atom. The van der Waals surface area contributed by atoms with E-state index in [4.69, 9.17) is 0 Å². The molecular weight excluding hydrogens is 285 g/mol. The Hall–Kier alpha value is -0.450. The lowest BCUT2D eigenvalue weighted by Crippen LogP contribution is -2.27. The molecule has 1 aromatic carbocycles. The lowest BCUT2D eigenvalue weighted by Gasteiger charge is -2.15. The fourth-order valence-corrected chi connectivity index (χ4v) is 2.71. The fraction of sp³-hybridized carbons (Fsp3) is 0.538. The number of rotatable bonds is 4. The molecule has 0 radical (unpaired) electrons. The summed E-state index contributed by atoms with van der Waals surface area (Å²) >= 11 is 3.40. The van der Waals surface area contributed by atoms with Crippen molar-refractivity contribution in [2.24, 2.45) is 5.92 Å². The fourth-order valence-electron chi connectivity index (χ4n) is 2.33. The van der Waals surface area contributed by atoms with E-state index in [1.807, 2.05) is 0 Å². The smallest absolute Gasteiger partial charge is 0.123 e. The van der Waals surface area contributed by atoms with Crippen molar-refractivity contribution in [3.05, 3.63) is 34.1 Å². The molecule has 0 aromatic heterocycles. The summed E-state index contributed by atoms with van der Waals surface area (Å²) in [5.41, 5.74) is 0.914. The van der Waals surface area contributed by atoms with E-state index in [1.165, 1.54) is 12.1 Å². The van der Waals surface area contributed by atoms with Crippen molar-refractivity contribution in [2.45, 2.75) is 31.9 Å². The Kier molecular flexibility index (Phi) is 4.54. The summed E-state index contributed by atoms with van der Waals surface area (Å²) in [4.78, 5) is 0. The van der Waals surface area contributed by atoms with Crippen LogP contribution in [-0.4, -0.2) is 17.8 Å². The maximum absolute atomic E-state index is 13.0. The minimum absolute atomic E-state index is 0.168. The molecule has 0 saturated heterocycles. The number of nitrogens with one attached hydrogen (secondary N) is 1. The molecule has 2 rings (SSSR count). The van der Waals surface area contributed by atoms with Crippen LogP contribution in [0.5, 0.6) is 0 Å². The van der Waals surface area contributed by atoms with Gasteiger partial charge in [0, 0.05) is 17.6 Å². The third-order valence-corrected chi connectivity index (χ3v) is 4.12. The van der Waals surface area contributed by atoms with Crippen LogP contribution < -0.4 is 5.32 Å². The molecule has 1 saturated carbocycles. The molecule has 1 aliphatic carbocycles. The van der Waals surface area contributed by atoms with E-state index in [0.29, 0.717) is 12.5 Å². The third-order valence-electron chi connectivity index (χ3n) is 3.35. The standard InChI is InChI=1S/C13H17BrFNO/c14-12-5-4-11(15)6-10(12)8-16-7-9-2-1-3-13(9)17/h4-6,9,13,16-17H,1-3,7-8H2. The van der Waals surface area contributed by atoms with Crippen molar-refractivity contribution >= 4 is 15.9 Å². The minimum Gasteiger partial charge on any atom is -0.393 e. The number of aliphatic hydroxyl groups excluding tert-OH is 1. The number of halogens is 2. The summed E-state index contributed by atoms with van der Waals surface area (Å²) in [5, 5.41) is 13.0. The van der Waals surface area contributed by atoms with Crippen LogP contribution in [0.1, 0.15) is 24.8 Å². The second-order valence-electron chi connectivity index (χ2n) is 4.62. The van der Waals surface area contributed by atoms with Gasteiger partial charge in [-0.05, 0) is 42.5 Å². The van der Waals surface area contributed by atoms with Crippen molar-refractivity contribution in [3.63, 3.8) is 0 Å². The van der Waals surface area contributed by atoms with E-state index < -0.39 is 0 Å². The summed E-state index contributed by atoms with van der Waals surface area (Å²) in [6.45, 7) is 1.42. The normalized spacial score (nSPS) is 24.2. The Bertz CT molecular complexity index is 386. The van der Waals surface area contributed by atoms with Crippen molar-refractivity contribution in [1.29, 1.82) is 0 Å². The largest absolute Gasteiger partial charge is 0.393 e. The molecule has 17 heavy (non-hydrogen) atoms. The zero-order chi connectivity index (χ0) is 12.3. The third kappa shape index (κ3) is 3.50. The summed E-state index contributed by atoms with van der Waals surface area (Å²) in [7, 11) is 0. The summed E-state index contributed by atoms with van der Waals surface area (Å²) in [6, 6.07) is 4.69. The van der Waals surface area contributed by atoms with Crippen molar-refractivity contribution < 1.29 is 9.50 Å². The molecule has 1 fully saturated rings. The van der Waals surface area contributed by atoms with Crippen LogP contribution in [0.2, 0.25) is 0 Å². The van der Waals surface area contributed by atoms with Gasteiger partial charge in [0.2, 0.25) is 0 Å². The Morgan fingerprint density at radius 1 is 1.41 bits per heavy atom. The van der Waals surface area contributed by atoms with Gasteiger partial charge in [0.05, 0.1) is 6.10 Å². The van der Waals surface area contributed by atoms with E-state index in [1.54, 1.807) is 6.07 Å². The predicted molar refractivity (Wildman–Crippen MR) is 69.2 cm³/mol. The van der Waals surface area contributed by atoms with Gasteiger partial charge in [-0.3, -0.25) is 0 Å². The highest BCUT2D eigenvalue weighted by Crippen LogP contribution is 2.25. The van der Waals surface area contributed by atoms with E-state index in [-0.39, 0.29) is 11.9 Å². The van der Waals surface area contributed by atoms with E-state index >= 15 is 0 Å². The average Bonchev–Trinajstić information content (AvgIpc) is 2.70. The molecule has 2 unspecified atom stereocenters. The van der Waals surface area contributed by atoms with Crippen LogP contribution >= 0.6 is 15.9 Å². The molecule has 0 spiro atoms.